The van der Waals surface area contributed by atoms with Crippen LogP contribution in [0.4, 0.5) is 5.69 Å². The van der Waals surface area contributed by atoms with E-state index in [4.69, 9.17) is 12.2 Å². The van der Waals surface area contributed by atoms with Crippen molar-refractivity contribution >= 4 is 24.1 Å². The van der Waals surface area contributed by atoms with Gasteiger partial charge in [-0.25, -0.2) is 5.10 Å². The van der Waals surface area contributed by atoms with Gasteiger partial charge >= 0.3 is 0 Å². The minimum absolute atomic E-state index is 0.123. The highest BCUT2D eigenvalue weighted by Gasteiger charge is 2.12. The van der Waals surface area contributed by atoms with Crippen molar-refractivity contribution in [1.82, 2.24) is 14.9 Å². The maximum atomic E-state index is 10.9. The van der Waals surface area contributed by atoms with Crippen molar-refractivity contribution in [2.75, 3.05) is 0 Å². The normalized spacial score (nSPS) is 11.1. The van der Waals surface area contributed by atoms with E-state index < -0.39 is 4.92 Å². The highest BCUT2D eigenvalue weighted by Crippen LogP contribution is 2.23. The van der Waals surface area contributed by atoms with Gasteiger partial charge < -0.3 is 5.11 Å². The number of H-pyrrole nitrogens is 1. The first-order valence-corrected chi connectivity index (χ1v) is 7.63. The van der Waals surface area contributed by atoms with Gasteiger partial charge in [-0.3, -0.25) is 10.1 Å². The zero-order valence-electron chi connectivity index (χ0n) is 13.1. The molecule has 1 aromatic heterocycles. The molecular weight excluding hydrogens is 342 g/mol. The number of phenolic OH excluding ortho intramolecular Hbond substituents is 1. The van der Waals surface area contributed by atoms with E-state index in [0.29, 0.717) is 5.82 Å². The molecule has 0 spiro atoms. The molecule has 0 bridgehead atoms. The lowest BCUT2D eigenvalue weighted by Crippen LogP contribution is -1.97. The summed E-state index contributed by atoms with van der Waals surface area (Å²) in [5.74, 6) is 0.381. The summed E-state index contributed by atoms with van der Waals surface area (Å²) in [5.41, 5.74) is 1.89. The average Bonchev–Trinajstić information content (AvgIpc) is 2.95. The standard InChI is InChI=1S/C16H13N5O3S/c1-10-4-2-3-5-13(10)15-18-19-16(25)20(15)17-9-11-8-12(21(23)24)6-7-14(11)22/h2-9,22H,1H3,(H,19,25)/b17-9+. The highest BCUT2D eigenvalue weighted by molar-refractivity contribution is 7.71. The molecule has 0 aliphatic heterocycles. The van der Waals surface area contributed by atoms with Crippen LogP contribution in [0.25, 0.3) is 11.4 Å². The molecule has 0 aliphatic rings. The number of aromatic amines is 1. The molecule has 0 aliphatic carbocycles. The molecule has 0 amide bonds. The third-order valence-corrected chi connectivity index (χ3v) is 3.83. The molecule has 9 heteroatoms. The topological polar surface area (TPSA) is 109 Å². The van der Waals surface area contributed by atoms with E-state index in [1.165, 1.54) is 29.1 Å². The highest BCUT2D eigenvalue weighted by atomic mass is 32.1. The van der Waals surface area contributed by atoms with Crippen LogP contribution in [-0.2, 0) is 0 Å². The Morgan fingerprint density at radius 3 is 2.84 bits per heavy atom. The van der Waals surface area contributed by atoms with Gasteiger partial charge in [-0.15, -0.1) is 0 Å². The molecule has 2 aromatic carbocycles. The Morgan fingerprint density at radius 2 is 2.12 bits per heavy atom. The summed E-state index contributed by atoms with van der Waals surface area (Å²) < 4.78 is 1.66. The first-order valence-electron chi connectivity index (χ1n) is 7.22. The van der Waals surface area contributed by atoms with Crippen LogP contribution >= 0.6 is 12.2 Å². The smallest absolute Gasteiger partial charge is 0.270 e. The van der Waals surface area contributed by atoms with Gasteiger partial charge in [0.2, 0.25) is 4.77 Å². The fraction of sp³-hybridized carbons (Fsp3) is 0.0625. The van der Waals surface area contributed by atoms with E-state index in [-0.39, 0.29) is 21.8 Å². The fourth-order valence-corrected chi connectivity index (χ4v) is 2.45. The second-order valence-corrected chi connectivity index (χ2v) is 5.61. The molecule has 0 atom stereocenters. The fourth-order valence-electron chi connectivity index (χ4n) is 2.28. The number of aromatic nitrogens is 3. The lowest BCUT2D eigenvalue weighted by atomic mass is 10.1. The van der Waals surface area contributed by atoms with Gasteiger partial charge in [0.25, 0.3) is 5.69 Å². The Kier molecular flexibility index (Phi) is 4.40. The second kappa shape index (κ2) is 6.65. The monoisotopic (exact) mass is 355 g/mol. The number of benzene rings is 2. The largest absolute Gasteiger partial charge is 0.507 e. The Morgan fingerprint density at radius 1 is 1.36 bits per heavy atom. The number of nitro groups is 1. The lowest BCUT2D eigenvalue weighted by Gasteiger charge is -2.04. The van der Waals surface area contributed by atoms with Crippen molar-refractivity contribution in [2.24, 2.45) is 5.10 Å². The Labute approximate surface area is 147 Å². The lowest BCUT2D eigenvalue weighted by molar-refractivity contribution is -0.384. The predicted octanol–water partition coefficient (Wildman–Crippen LogP) is 3.41. The van der Waals surface area contributed by atoms with Crippen molar-refractivity contribution in [3.8, 4) is 17.1 Å². The van der Waals surface area contributed by atoms with E-state index >= 15 is 0 Å². The van der Waals surface area contributed by atoms with Crippen molar-refractivity contribution in [2.45, 2.75) is 6.92 Å². The Balaban J connectivity index is 2.05. The first kappa shape index (κ1) is 16.5. The molecule has 0 fully saturated rings. The van der Waals surface area contributed by atoms with Crippen molar-refractivity contribution in [3.63, 3.8) is 0 Å². The van der Waals surface area contributed by atoms with Crippen LogP contribution < -0.4 is 0 Å². The number of rotatable bonds is 4. The van der Waals surface area contributed by atoms with Crippen LogP contribution in [-0.4, -0.2) is 31.1 Å². The zero-order chi connectivity index (χ0) is 18.0. The van der Waals surface area contributed by atoms with E-state index in [1.54, 1.807) is 0 Å². The van der Waals surface area contributed by atoms with Crippen molar-refractivity contribution in [3.05, 3.63) is 68.5 Å². The number of nitrogens with zero attached hydrogens (tertiary/aromatic N) is 4. The molecule has 3 aromatic rings. The van der Waals surface area contributed by atoms with Crippen LogP contribution in [0.2, 0.25) is 0 Å². The number of nitro benzene ring substituents is 1. The van der Waals surface area contributed by atoms with Crippen LogP contribution in [0.3, 0.4) is 0 Å². The third kappa shape index (κ3) is 3.31. The molecular formula is C16H13N5O3S. The molecule has 3 rings (SSSR count). The number of aromatic hydroxyl groups is 1. The molecule has 25 heavy (non-hydrogen) atoms. The maximum absolute atomic E-state index is 10.9. The SMILES string of the molecule is Cc1ccccc1-c1n[nH]c(=S)n1/N=C/c1cc([N+](=O)[O-])ccc1O. The summed E-state index contributed by atoms with van der Waals surface area (Å²) in [6.45, 7) is 1.94. The number of aryl methyl sites for hydroxylation is 1. The molecule has 0 saturated carbocycles. The van der Waals surface area contributed by atoms with Gasteiger partial charge in [0, 0.05) is 23.3 Å². The number of nitrogens with one attached hydrogen (secondary N) is 1. The molecule has 0 unspecified atom stereocenters. The minimum Gasteiger partial charge on any atom is -0.507 e. The Hall–Kier alpha value is -3.33. The third-order valence-electron chi connectivity index (χ3n) is 3.57. The average molecular weight is 355 g/mol. The van der Waals surface area contributed by atoms with E-state index in [0.717, 1.165) is 11.1 Å². The molecule has 0 radical (unpaired) electrons. The summed E-state index contributed by atoms with van der Waals surface area (Å²) in [6, 6.07) is 11.3. The number of non-ortho nitro benzene ring substituents is 1. The van der Waals surface area contributed by atoms with Crippen molar-refractivity contribution < 1.29 is 10.0 Å². The number of hydrogen-bond acceptors (Lipinski definition) is 6. The number of phenols is 1. The van der Waals surface area contributed by atoms with Gasteiger partial charge in [-0.2, -0.15) is 14.9 Å². The van der Waals surface area contributed by atoms with Gasteiger partial charge in [0.15, 0.2) is 5.82 Å². The molecule has 8 nitrogen and oxygen atoms in total. The van der Waals surface area contributed by atoms with E-state index in [9.17, 15) is 15.2 Å². The van der Waals surface area contributed by atoms with Crippen molar-refractivity contribution in [1.29, 1.82) is 0 Å². The minimum atomic E-state index is -0.543. The number of hydrogen-bond donors (Lipinski definition) is 2. The second-order valence-electron chi connectivity index (χ2n) is 5.22. The van der Waals surface area contributed by atoms with Crippen LogP contribution in [0.5, 0.6) is 5.75 Å². The molecule has 126 valence electrons. The summed E-state index contributed by atoms with van der Waals surface area (Å²) >= 11 is 5.19. The van der Waals surface area contributed by atoms with Crippen LogP contribution in [0, 0.1) is 21.8 Å². The Bertz CT molecular complexity index is 1040. The summed E-state index contributed by atoms with van der Waals surface area (Å²) in [5, 5.41) is 31.8. The zero-order valence-corrected chi connectivity index (χ0v) is 13.9. The van der Waals surface area contributed by atoms with E-state index in [2.05, 4.69) is 15.3 Å². The summed E-state index contributed by atoms with van der Waals surface area (Å²) in [6.07, 6.45) is 1.30. The maximum Gasteiger partial charge on any atom is 0.270 e. The van der Waals surface area contributed by atoms with Crippen LogP contribution in [0.15, 0.2) is 47.6 Å². The van der Waals surface area contributed by atoms with Gasteiger partial charge in [0.1, 0.15) is 5.75 Å². The summed E-state index contributed by atoms with van der Waals surface area (Å²) in [4.78, 5) is 10.3. The molecule has 2 N–H and O–H groups in total. The van der Waals surface area contributed by atoms with Gasteiger partial charge in [-0.05, 0) is 30.8 Å². The quantitative estimate of drug-likeness (QED) is 0.322. The summed E-state index contributed by atoms with van der Waals surface area (Å²) in [7, 11) is 0. The first-order chi connectivity index (χ1) is 12.0. The molecule has 1 heterocycles. The predicted molar refractivity (Wildman–Crippen MR) is 95.3 cm³/mol. The molecule has 0 saturated heterocycles. The van der Waals surface area contributed by atoms with E-state index in [1.807, 2.05) is 31.2 Å². The van der Waals surface area contributed by atoms with Gasteiger partial charge in [-0.1, -0.05) is 24.3 Å². The van der Waals surface area contributed by atoms with Gasteiger partial charge in [0.05, 0.1) is 11.1 Å². The van der Waals surface area contributed by atoms with Crippen LogP contribution in [0.1, 0.15) is 11.1 Å².